The van der Waals surface area contributed by atoms with Crippen molar-refractivity contribution in [2.24, 2.45) is 0 Å². The topological polar surface area (TPSA) is 53.1 Å². The number of halogens is 1. The first kappa shape index (κ1) is 17.2. The zero-order chi connectivity index (χ0) is 17.1. The largest absolute Gasteiger partial charge is 0.353 e. The zero-order valence-corrected chi connectivity index (χ0v) is 16.0. The van der Waals surface area contributed by atoms with E-state index < -0.39 is 0 Å². The average molecular weight is 390 g/mol. The molecule has 2 aromatic rings. The quantitative estimate of drug-likeness (QED) is 0.744. The highest BCUT2D eigenvalue weighted by molar-refractivity contribution is 9.10. The Morgan fingerprint density at radius 3 is 2.75 bits per heavy atom. The summed E-state index contributed by atoms with van der Waals surface area (Å²) in [6.07, 6.45) is 2.45. The molecule has 1 aromatic heterocycles. The predicted octanol–water partition coefficient (Wildman–Crippen LogP) is 4.14. The Hall–Kier alpha value is -1.66. The van der Waals surface area contributed by atoms with Crippen molar-refractivity contribution in [3.05, 3.63) is 40.0 Å². The Bertz CT molecular complexity index is 713. The van der Waals surface area contributed by atoms with Crippen molar-refractivity contribution < 1.29 is 0 Å². The van der Waals surface area contributed by atoms with Gasteiger partial charge in [-0.25, -0.2) is 4.98 Å². The summed E-state index contributed by atoms with van der Waals surface area (Å²) in [5.74, 6) is 2.14. The summed E-state index contributed by atoms with van der Waals surface area (Å²) < 4.78 is 1.09. The van der Waals surface area contributed by atoms with Gasteiger partial charge in [-0.2, -0.15) is 4.98 Å². The minimum Gasteiger partial charge on any atom is -0.353 e. The summed E-state index contributed by atoms with van der Waals surface area (Å²) in [5.41, 5.74) is 3.36. The van der Waals surface area contributed by atoms with Gasteiger partial charge < -0.3 is 15.5 Å². The van der Waals surface area contributed by atoms with Crippen molar-refractivity contribution in [2.75, 3.05) is 37.8 Å². The molecule has 1 heterocycles. The fourth-order valence-corrected chi connectivity index (χ4v) is 2.84. The second-order valence-corrected chi connectivity index (χ2v) is 7.40. The monoisotopic (exact) mass is 389 g/mol. The van der Waals surface area contributed by atoms with Gasteiger partial charge in [-0.05, 0) is 51.6 Å². The third kappa shape index (κ3) is 4.45. The summed E-state index contributed by atoms with van der Waals surface area (Å²) in [5, 5.41) is 6.78. The van der Waals surface area contributed by atoms with Gasteiger partial charge in [-0.1, -0.05) is 22.0 Å². The van der Waals surface area contributed by atoms with Crippen LogP contribution in [0.4, 0.5) is 17.5 Å². The van der Waals surface area contributed by atoms with Crippen LogP contribution in [-0.4, -0.2) is 42.1 Å². The van der Waals surface area contributed by atoms with Crippen molar-refractivity contribution in [3.63, 3.8) is 0 Å². The molecule has 1 aliphatic rings. The number of aromatic nitrogens is 2. The van der Waals surface area contributed by atoms with E-state index in [2.05, 4.69) is 74.6 Å². The number of nitrogens with one attached hydrogen (secondary N) is 2. The van der Waals surface area contributed by atoms with Crippen LogP contribution in [0.5, 0.6) is 0 Å². The minimum absolute atomic E-state index is 0.589. The summed E-state index contributed by atoms with van der Waals surface area (Å²) in [6.45, 7) is 3.87. The first-order chi connectivity index (χ1) is 11.5. The standard InChI is InChI=1S/C18H24BrN5/c1-12-14(19)5-4-6-15(12)21-17-11-16(13-7-8-13)22-18(23-17)20-9-10-24(2)3/h4-6,11,13H,7-10H2,1-3H3,(H2,20,21,22,23). The molecule has 5 nitrogen and oxygen atoms in total. The number of anilines is 3. The highest BCUT2D eigenvalue weighted by Crippen LogP contribution is 2.40. The fourth-order valence-electron chi connectivity index (χ4n) is 2.47. The third-order valence-corrected chi connectivity index (χ3v) is 4.97. The lowest BCUT2D eigenvalue weighted by Crippen LogP contribution is -2.21. The lowest BCUT2D eigenvalue weighted by atomic mass is 10.2. The molecule has 24 heavy (non-hydrogen) atoms. The van der Waals surface area contributed by atoms with Crippen LogP contribution in [0, 0.1) is 6.92 Å². The van der Waals surface area contributed by atoms with Crippen molar-refractivity contribution in [3.8, 4) is 0 Å². The van der Waals surface area contributed by atoms with Gasteiger partial charge >= 0.3 is 0 Å². The predicted molar refractivity (Wildman–Crippen MR) is 103 cm³/mol. The number of rotatable bonds is 7. The van der Waals surface area contributed by atoms with Crippen LogP contribution in [0.3, 0.4) is 0 Å². The van der Waals surface area contributed by atoms with Crippen LogP contribution in [-0.2, 0) is 0 Å². The Morgan fingerprint density at radius 1 is 1.25 bits per heavy atom. The first-order valence-corrected chi connectivity index (χ1v) is 9.12. The van der Waals surface area contributed by atoms with Gasteiger partial charge in [0.15, 0.2) is 0 Å². The number of nitrogens with zero attached hydrogens (tertiary/aromatic N) is 3. The van der Waals surface area contributed by atoms with E-state index in [0.29, 0.717) is 11.9 Å². The first-order valence-electron chi connectivity index (χ1n) is 8.32. The fraction of sp³-hybridized carbons (Fsp3) is 0.444. The molecule has 1 aliphatic carbocycles. The lowest BCUT2D eigenvalue weighted by Gasteiger charge is -2.14. The molecule has 128 valence electrons. The van der Waals surface area contributed by atoms with Gasteiger partial charge in [0.25, 0.3) is 0 Å². The summed E-state index contributed by atoms with van der Waals surface area (Å²) in [7, 11) is 4.12. The van der Waals surface area contributed by atoms with Crippen LogP contribution in [0.2, 0.25) is 0 Å². The second-order valence-electron chi connectivity index (χ2n) is 6.54. The van der Waals surface area contributed by atoms with Gasteiger partial charge in [0.2, 0.25) is 5.95 Å². The summed E-state index contributed by atoms with van der Waals surface area (Å²) in [4.78, 5) is 11.5. The van der Waals surface area contributed by atoms with E-state index in [1.54, 1.807) is 0 Å². The lowest BCUT2D eigenvalue weighted by molar-refractivity contribution is 0.425. The SMILES string of the molecule is Cc1c(Br)cccc1Nc1cc(C2CC2)nc(NCCN(C)C)n1. The molecule has 0 unspecified atom stereocenters. The second kappa shape index (κ2) is 7.49. The Labute approximate surface area is 152 Å². The van der Waals surface area contributed by atoms with E-state index in [4.69, 9.17) is 0 Å². The molecule has 1 saturated carbocycles. The molecule has 0 spiro atoms. The van der Waals surface area contributed by atoms with Crippen molar-refractivity contribution in [1.82, 2.24) is 14.9 Å². The zero-order valence-electron chi connectivity index (χ0n) is 14.4. The molecule has 0 atom stereocenters. The van der Waals surface area contributed by atoms with Crippen LogP contribution in [0.15, 0.2) is 28.7 Å². The minimum atomic E-state index is 0.589. The number of hydrogen-bond donors (Lipinski definition) is 2. The molecule has 0 radical (unpaired) electrons. The average Bonchev–Trinajstić information content (AvgIpc) is 3.36. The van der Waals surface area contributed by atoms with Crippen molar-refractivity contribution in [1.29, 1.82) is 0 Å². The van der Waals surface area contributed by atoms with Gasteiger partial charge in [0.1, 0.15) is 5.82 Å². The molecule has 3 rings (SSSR count). The maximum absolute atomic E-state index is 4.68. The molecule has 2 N–H and O–H groups in total. The summed E-state index contributed by atoms with van der Waals surface area (Å²) in [6, 6.07) is 8.22. The van der Waals surface area contributed by atoms with E-state index in [1.165, 1.54) is 18.4 Å². The van der Waals surface area contributed by atoms with Crippen molar-refractivity contribution >= 4 is 33.4 Å². The Kier molecular flexibility index (Phi) is 5.36. The molecule has 1 aromatic carbocycles. The maximum Gasteiger partial charge on any atom is 0.224 e. The molecule has 6 heteroatoms. The van der Waals surface area contributed by atoms with Crippen LogP contribution in [0.1, 0.15) is 30.0 Å². The Morgan fingerprint density at radius 2 is 2.04 bits per heavy atom. The van der Waals surface area contributed by atoms with E-state index in [9.17, 15) is 0 Å². The third-order valence-electron chi connectivity index (χ3n) is 4.11. The summed E-state index contributed by atoms with van der Waals surface area (Å²) >= 11 is 3.58. The molecule has 1 fully saturated rings. The van der Waals surface area contributed by atoms with Crippen molar-refractivity contribution in [2.45, 2.75) is 25.7 Å². The number of benzene rings is 1. The number of hydrogen-bond acceptors (Lipinski definition) is 5. The highest BCUT2D eigenvalue weighted by Gasteiger charge is 2.26. The molecular weight excluding hydrogens is 366 g/mol. The maximum atomic E-state index is 4.68. The molecule has 0 bridgehead atoms. The molecule has 0 amide bonds. The van der Waals surface area contributed by atoms with Gasteiger partial charge in [0.05, 0.1) is 5.69 Å². The number of likely N-dealkylation sites (N-methyl/N-ethyl adjacent to an activating group) is 1. The molecule has 0 saturated heterocycles. The highest BCUT2D eigenvalue weighted by atomic mass is 79.9. The normalized spacial score (nSPS) is 14.0. The Balaban J connectivity index is 1.80. The van der Waals surface area contributed by atoms with E-state index in [0.717, 1.165) is 34.8 Å². The van der Waals surface area contributed by atoms with E-state index in [1.807, 2.05) is 12.1 Å². The van der Waals surface area contributed by atoms with Gasteiger partial charge in [-0.3, -0.25) is 0 Å². The van der Waals surface area contributed by atoms with Gasteiger partial charge in [-0.15, -0.1) is 0 Å². The van der Waals surface area contributed by atoms with Gasteiger partial charge in [0, 0.05) is 35.2 Å². The molecule has 0 aliphatic heterocycles. The van der Waals surface area contributed by atoms with Crippen LogP contribution in [0.25, 0.3) is 0 Å². The van der Waals surface area contributed by atoms with Crippen LogP contribution < -0.4 is 10.6 Å². The van der Waals surface area contributed by atoms with Crippen LogP contribution >= 0.6 is 15.9 Å². The smallest absolute Gasteiger partial charge is 0.224 e. The molecular formula is C18H24BrN5. The van der Waals surface area contributed by atoms with E-state index >= 15 is 0 Å². The van der Waals surface area contributed by atoms with E-state index in [-0.39, 0.29) is 0 Å².